The zero-order valence-electron chi connectivity index (χ0n) is 45.5. The third kappa shape index (κ3) is 64.7. The summed E-state index contributed by atoms with van der Waals surface area (Å²) < 4.78 is 9.27. The van der Waals surface area contributed by atoms with Crippen LogP contribution in [0.4, 0.5) is 0 Å². The fourth-order valence-corrected chi connectivity index (χ4v) is 7.81. The number of rotatable bonds is 48. The first-order valence-corrected chi connectivity index (χ1v) is 27.3. The van der Waals surface area contributed by atoms with Gasteiger partial charge in [0.15, 0.2) is 0 Å². The zero-order chi connectivity index (χ0) is 47.1. The molecule has 0 spiro atoms. The normalized spacial score (nSPS) is 11.8. The van der Waals surface area contributed by atoms with Crippen LogP contribution in [-0.4, -0.2) is 51.6 Å². The molecule has 1 N–H and O–H groups in total. The largest absolute Gasteiger partial charge is 1.00 e. The number of ether oxygens (including phenoxy) is 2. The minimum absolute atomic E-state index is 0. The molecule has 1 unspecified atom stereocenters. The van der Waals surface area contributed by atoms with Crippen molar-refractivity contribution >= 4 is 26.1 Å². The Kier molecular flexibility index (Phi) is 68.6. The number of Topliss-reactive ketones (excluding diaryl/α,β-unsaturated/α-hetero) is 1. The Morgan fingerprint density at radius 1 is 0.394 bits per heavy atom. The summed E-state index contributed by atoms with van der Waals surface area (Å²) in [5.41, 5.74) is 0. The van der Waals surface area contributed by atoms with Gasteiger partial charge in [-0.15, -0.1) is 0 Å². The SMILES string of the molecule is CCCCC/C=C\C/C=C\CCCCCCCCCC(=O)CCCCCCCC(=O)OC.CCCCC/C=C\C/C=C\CCCCCCCCCC(O)CCCCCCCC(=O)OC.[B].[H-].[Na+]. The molecule has 0 saturated carbocycles. The molecule has 0 aliphatic rings. The molecule has 0 bridgehead atoms. The van der Waals surface area contributed by atoms with Gasteiger partial charge in [0, 0.05) is 34.1 Å². The van der Waals surface area contributed by atoms with Gasteiger partial charge in [-0.05, 0) is 103 Å². The Balaban J connectivity index is -0.000000366. The fourth-order valence-electron chi connectivity index (χ4n) is 7.81. The summed E-state index contributed by atoms with van der Waals surface area (Å²) in [6.45, 7) is 4.50. The summed E-state index contributed by atoms with van der Waals surface area (Å²) in [6, 6.07) is 0. The molecule has 379 valence electrons. The molecule has 0 aromatic carbocycles. The average molecular weight is 934 g/mol. The summed E-state index contributed by atoms with van der Waals surface area (Å²) in [7, 11) is 2.88. The topological polar surface area (TPSA) is 89.9 Å². The molecule has 3 radical (unpaired) electrons. The summed E-state index contributed by atoms with van der Waals surface area (Å²) >= 11 is 0. The molecular formula is C58H107BNaO6. The van der Waals surface area contributed by atoms with Crippen LogP contribution in [0.2, 0.25) is 0 Å². The molecular weight excluding hydrogens is 826 g/mol. The van der Waals surface area contributed by atoms with E-state index in [1.165, 1.54) is 155 Å². The van der Waals surface area contributed by atoms with Gasteiger partial charge in [-0.25, -0.2) is 0 Å². The molecule has 0 saturated heterocycles. The number of hydrogen-bond acceptors (Lipinski definition) is 6. The number of carbonyl (C=O) groups excluding carboxylic acids is 3. The van der Waals surface area contributed by atoms with Crippen LogP contribution in [0.3, 0.4) is 0 Å². The van der Waals surface area contributed by atoms with Crippen LogP contribution in [0.1, 0.15) is 285 Å². The van der Waals surface area contributed by atoms with Gasteiger partial charge in [0.25, 0.3) is 0 Å². The van der Waals surface area contributed by atoms with Crippen molar-refractivity contribution in [3.05, 3.63) is 48.6 Å². The number of methoxy groups -OCH3 is 2. The molecule has 0 fully saturated rings. The van der Waals surface area contributed by atoms with E-state index in [9.17, 15) is 19.5 Å². The van der Waals surface area contributed by atoms with Crippen LogP contribution >= 0.6 is 0 Å². The second kappa shape index (κ2) is 63.6. The Labute approximate surface area is 436 Å². The van der Waals surface area contributed by atoms with E-state index in [0.29, 0.717) is 18.6 Å². The molecule has 0 aromatic rings. The minimum Gasteiger partial charge on any atom is -1.00 e. The van der Waals surface area contributed by atoms with Crippen molar-refractivity contribution in [2.75, 3.05) is 14.2 Å². The Morgan fingerprint density at radius 2 is 0.652 bits per heavy atom. The van der Waals surface area contributed by atoms with Crippen molar-refractivity contribution in [1.82, 2.24) is 0 Å². The predicted molar refractivity (Wildman–Crippen MR) is 284 cm³/mol. The number of aliphatic hydroxyl groups is 1. The number of aliphatic hydroxyl groups excluding tert-OH is 1. The first-order chi connectivity index (χ1) is 31.4. The van der Waals surface area contributed by atoms with Crippen molar-refractivity contribution in [3.63, 3.8) is 0 Å². The van der Waals surface area contributed by atoms with Crippen molar-refractivity contribution < 1.29 is 59.9 Å². The number of esters is 2. The molecule has 0 aliphatic heterocycles. The monoisotopic (exact) mass is 934 g/mol. The zero-order valence-corrected chi connectivity index (χ0v) is 46.5. The molecule has 0 aromatic heterocycles. The van der Waals surface area contributed by atoms with Crippen LogP contribution in [0.5, 0.6) is 0 Å². The standard InChI is InChI=1S/C29H54O3.C29H52O3.B.Na.H/c2*1-3-4-5-6-7-8-9-10-11-12-13-14-15-16-17-19-22-25-28(30)26-23-20-18-21-24-27-29(31)32-2;;;/h7-8,10-11,28,30H,3-6,9,12-27H2,1-2H3;7-8,10-11H,3-6,9,12-27H2,1-2H3;;;/q;;;+1;-1/b2*8-7-,11-10-;;;. The summed E-state index contributed by atoms with van der Waals surface area (Å²) in [5.74, 6) is 0.205. The smallest absolute Gasteiger partial charge is 1.00 e. The third-order valence-electron chi connectivity index (χ3n) is 12.1. The van der Waals surface area contributed by atoms with Gasteiger partial charge in [-0.1, -0.05) is 204 Å². The summed E-state index contributed by atoms with van der Waals surface area (Å²) in [5, 5.41) is 10.1. The summed E-state index contributed by atoms with van der Waals surface area (Å²) in [4.78, 5) is 34.0. The second-order valence-electron chi connectivity index (χ2n) is 18.3. The molecule has 8 heteroatoms. The molecule has 0 rings (SSSR count). The van der Waals surface area contributed by atoms with Crippen LogP contribution in [0.25, 0.3) is 0 Å². The van der Waals surface area contributed by atoms with Crippen LogP contribution in [0, 0.1) is 0 Å². The minimum atomic E-state index is -0.122. The third-order valence-corrected chi connectivity index (χ3v) is 12.1. The maximum absolute atomic E-state index is 11.9. The summed E-state index contributed by atoms with van der Waals surface area (Å²) in [6.07, 6.45) is 66.4. The van der Waals surface area contributed by atoms with Gasteiger partial charge in [-0.2, -0.15) is 0 Å². The molecule has 1 atom stereocenters. The number of ketones is 1. The van der Waals surface area contributed by atoms with E-state index >= 15 is 0 Å². The average Bonchev–Trinajstić information content (AvgIpc) is 3.30. The van der Waals surface area contributed by atoms with E-state index in [0.717, 1.165) is 116 Å². The van der Waals surface area contributed by atoms with Crippen molar-refractivity contribution in [3.8, 4) is 0 Å². The van der Waals surface area contributed by atoms with Crippen LogP contribution < -0.4 is 29.6 Å². The number of unbranched alkanes of at least 4 members (excludes halogenated alkanes) is 28. The number of allylic oxidation sites excluding steroid dienone is 8. The number of carbonyl (C=O) groups is 3. The maximum Gasteiger partial charge on any atom is 1.00 e. The molecule has 0 heterocycles. The van der Waals surface area contributed by atoms with Crippen LogP contribution in [0.15, 0.2) is 48.6 Å². The van der Waals surface area contributed by atoms with Gasteiger partial charge in [0.1, 0.15) is 5.78 Å². The van der Waals surface area contributed by atoms with E-state index in [1.807, 2.05) is 0 Å². The van der Waals surface area contributed by atoms with E-state index in [4.69, 9.17) is 0 Å². The van der Waals surface area contributed by atoms with Gasteiger partial charge in [0.2, 0.25) is 0 Å². The van der Waals surface area contributed by atoms with E-state index in [1.54, 1.807) is 0 Å². The van der Waals surface area contributed by atoms with Crippen molar-refractivity contribution in [2.45, 2.75) is 290 Å². The molecule has 66 heavy (non-hydrogen) atoms. The predicted octanol–water partition coefficient (Wildman–Crippen LogP) is 14.6. The van der Waals surface area contributed by atoms with E-state index in [-0.39, 0.29) is 57.4 Å². The van der Waals surface area contributed by atoms with Crippen LogP contribution in [-0.2, 0) is 23.9 Å². The first-order valence-electron chi connectivity index (χ1n) is 27.3. The number of hydrogen-bond donors (Lipinski definition) is 1. The first kappa shape index (κ1) is 71.1. The van der Waals surface area contributed by atoms with Crippen molar-refractivity contribution in [2.24, 2.45) is 0 Å². The Bertz CT molecular complexity index is 1110. The van der Waals surface area contributed by atoms with Gasteiger partial charge < -0.3 is 16.0 Å². The molecule has 0 amide bonds. The quantitative estimate of drug-likeness (QED) is 0.0283. The fraction of sp³-hybridized carbons (Fsp3) is 0.810. The molecule has 6 nitrogen and oxygen atoms in total. The Morgan fingerprint density at radius 3 is 0.955 bits per heavy atom. The second-order valence-corrected chi connectivity index (χ2v) is 18.3. The van der Waals surface area contributed by atoms with E-state index < -0.39 is 0 Å². The van der Waals surface area contributed by atoms with Crippen molar-refractivity contribution in [1.29, 1.82) is 0 Å². The van der Waals surface area contributed by atoms with Gasteiger partial charge >= 0.3 is 41.5 Å². The van der Waals surface area contributed by atoms with Gasteiger partial charge in [-0.3, -0.25) is 14.4 Å². The van der Waals surface area contributed by atoms with Gasteiger partial charge in [0.05, 0.1) is 20.3 Å². The molecule has 0 aliphatic carbocycles. The maximum atomic E-state index is 11.9. The van der Waals surface area contributed by atoms with E-state index in [2.05, 4.69) is 71.9 Å². The Hall–Kier alpha value is -1.41.